The summed E-state index contributed by atoms with van der Waals surface area (Å²) in [4.78, 5) is 0. The zero-order chi connectivity index (χ0) is 40.0. The average molecular weight is 811 g/mol. The predicted octanol–water partition coefficient (Wildman–Crippen LogP) is 12.6. The van der Waals surface area contributed by atoms with E-state index in [1.807, 2.05) is 38.1 Å². The van der Waals surface area contributed by atoms with Crippen LogP contribution in [0, 0.1) is 0 Å². The molecule has 52 heavy (non-hydrogen) atoms. The molecule has 2 aromatic carbocycles. The third-order valence-electron chi connectivity index (χ3n) is 7.84. The first-order chi connectivity index (χ1) is 23.8. The maximum atomic E-state index is 6.74. The second kappa shape index (κ2) is 21.9. The summed E-state index contributed by atoms with van der Waals surface area (Å²) in [6.45, 7) is 40.2. The van der Waals surface area contributed by atoms with Gasteiger partial charge in [0, 0.05) is 12.3 Å². The molecule has 0 N–H and O–H groups in total. The quantitative estimate of drug-likeness (QED) is 0.0666. The van der Waals surface area contributed by atoms with Gasteiger partial charge in [-0.05, 0) is 139 Å². The van der Waals surface area contributed by atoms with Crippen molar-refractivity contribution in [3.63, 3.8) is 0 Å². The molecule has 0 saturated heterocycles. The number of ether oxygens (including phenoxy) is 4. The number of hydrogen-bond acceptors (Lipinski definition) is 7. The summed E-state index contributed by atoms with van der Waals surface area (Å²) in [7, 11) is -9.52. The Bertz CT molecular complexity index is 1210. The topological polar surface area (TPSA) is 64.6 Å². The Morgan fingerprint density at radius 3 is 1.15 bits per heavy atom. The molecule has 0 aliphatic heterocycles. The Hall–Kier alpha value is -1.08. The fraction of sp³-hybridized carbons (Fsp3) is 0.700. The minimum Gasteiger partial charge on any atom is -0.465 e. The van der Waals surface area contributed by atoms with Crippen LogP contribution >= 0.6 is 0 Å². The van der Waals surface area contributed by atoms with Crippen molar-refractivity contribution in [2.45, 2.75) is 170 Å². The van der Waals surface area contributed by atoms with E-state index < -0.39 is 41.8 Å². The Labute approximate surface area is 325 Å². The van der Waals surface area contributed by atoms with Crippen LogP contribution in [0.2, 0.25) is 84.6 Å². The zero-order valence-electron chi connectivity index (χ0n) is 36.5. The van der Waals surface area contributed by atoms with Gasteiger partial charge < -0.3 is 31.3 Å². The van der Waals surface area contributed by atoms with Crippen LogP contribution in [0.25, 0.3) is 0 Å². The molecule has 0 radical (unpaired) electrons. The van der Waals surface area contributed by atoms with E-state index in [4.69, 9.17) is 31.3 Å². The summed E-state index contributed by atoms with van der Waals surface area (Å²) in [6.07, 6.45) is 3.46. The van der Waals surface area contributed by atoms with Gasteiger partial charge in [-0.25, -0.2) is 0 Å². The van der Waals surface area contributed by atoms with E-state index in [0.29, 0.717) is 18.4 Å². The van der Waals surface area contributed by atoms with Gasteiger partial charge in [0.25, 0.3) is 0 Å². The predicted molar refractivity (Wildman–Crippen MR) is 234 cm³/mol. The van der Waals surface area contributed by atoms with Crippen LogP contribution in [-0.4, -0.2) is 67.2 Å². The van der Waals surface area contributed by atoms with Crippen molar-refractivity contribution in [3.8, 4) is 11.5 Å². The standard InChI is InChI=1S/C24H50O5Si4.C16H28O2Si/c1-13-21(2)23-15-17-24(18-16-23)26-22(3)25-19-14-20-33(27-30(4,5)6,28-31(7,8)9)29-32(10,11)12;1-7-13(2)15-8-10-16(11-9-15)18-14(3)17-12-19(4,5)6/h15-18,21-22H,13-14,19-20H2,1-12H3;8-11,13-14H,7,12H2,1-6H3. The molecule has 300 valence electrons. The molecule has 0 fully saturated rings. The summed E-state index contributed by atoms with van der Waals surface area (Å²) in [5.74, 6) is 2.89. The van der Waals surface area contributed by atoms with Crippen molar-refractivity contribution >= 4 is 41.8 Å². The van der Waals surface area contributed by atoms with E-state index in [0.717, 1.165) is 43.0 Å². The molecule has 0 spiro atoms. The molecule has 0 aromatic heterocycles. The molecule has 0 heterocycles. The van der Waals surface area contributed by atoms with Gasteiger partial charge in [0.2, 0.25) is 0 Å². The van der Waals surface area contributed by atoms with Crippen molar-refractivity contribution in [2.24, 2.45) is 0 Å². The Morgan fingerprint density at radius 2 is 0.846 bits per heavy atom. The van der Waals surface area contributed by atoms with Gasteiger partial charge in [-0.1, -0.05) is 71.6 Å². The maximum absolute atomic E-state index is 6.74. The highest BCUT2D eigenvalue weighted by molar-refractivity contribution is 6.90. The van der Waals surface area contributed by atoms with Crippen LogP contribution in [0.1, 0.15) is 83.8 Å². The van der Waals surface area contributed by atoms with Crippen molar-refractivity contribution in [2.75, 3.05) is 12.8 Å². The molecule has 0 bridgehead atoms. The zero-order valence-corrected chi connectivity index (χ0v) is 41.5. The summed E-state index contributed by atoms with van der Waals surface area (Å²) in [5, 5.41) is 0. The lowest BCUT2D eigenvalue weighted by Crippen LogP contribution is -2.60. The first-order valence-electron chi connectivity index (χ1n) is 19.6. The van der Waals surface area contributed by atoms with Crippen LogP contribution in [0.4, 0.5) is 0 Å². The first kappa shape index (κ1) is 48.9. The fourth-order valence-corrected chi connectivity index (χ4v) is 20.6. The van der Waals surface area contributed by atoms with Gasteiger partial charge in [-0.15, -0.1) is 0 Å². The van der Waals surface area contributed by atoms with Gasteiger partial charge in [0.1, 0.15) is 11.5 Å². The minimum absolute atomic E-state index is 0.179. The van der Waals surface area contributed by atoms with Crippen LogP contribution in [0.15, 0.2) is 48.5 Å². The van der Waals surface area contributed by atoms with Gasteiger partial charge in [0.05, 0.1) is 14.7 Å². The summed E-state index contributed by atoms with van der Waals surface area (Å²) in [6, 6.07) is 17.5. The van der Waals surface area contributed by atoms with E-state index in [2.05, 4.69) is 131 Å². The van der Waals surface area contributed by atoms with Crippen molar-refractivity contribution in [3.05, 3.63) is 59.7 Å². The number of hydrogen-bond donors (Lipinski definition) is 0. The van der Waals surface area contributed by atoms with Gasteiger partial charge in [-0.2, -0.15) is 0 Å². The molecule has 4 atom stereocenters. The maximum Gasteiger partial charge on any atom is 0.469 e. The Morgan fingerprint density at radius 1 is 0.500 bits per heavy atom. The van der Waals surface area contributed by atoms with Gasteiger partial charge >= 0.3 is 8.80 Å². The highest BCUT2D eigenvalue weighted by atomic mass is 28.5. The van der Waals surface area contributed by atoms with E-state index in [1.54, 1.807) is 0 Å². The Kier molecular flexibility index (Phi) is 20.6. The smallest absolute Gasteiger partial charge is 0.465 e. The van der Waals surface area contributed by atoms with E-state index >= 15 is 0 Å². The minimum atomic E-state index is -2.80. The molecule has 12 heteroatoms. The molecular weight excluding hydrogens is 733 g/mol. The molecule has 2 rings (SSSR count). The van der Waals surface area contributed by atoms with Gasteiger partial charge in [-0.3, -0.25) is 0 Å². The summed E-state index contributed by atoms with van der Waals surface area (Å²) < 4.78 is 43.7. The molecule has 7 nitrogen and oxygen atoms in total. The van der Waals surface area contributed by atoms with Crippen LogP contribution in [-0.2, 0) is 21.8 Å². The molecule has 0 aliphatic carbocycles. The van der Waals surface area contributed by atoms with E-state index in [9.17, 15) is 0 Å². The van der Waals surface area contributed by atoms with Gasteiger partial charge in [0.15, 0.2) is 37.5 Å². The SMILES string of the molecule is CCC(C)c1ccc(OC(C)OCCC[Si](O[Si](C)(C)C)(O[Si](C)(C)C)O[Si](C)(C)C)cc1.CCC(C)c1ccc(OC(C)OC[Si](C)(C)C)cc1. The Balaban J connectivity index is 0.000000601. The van der Waals surface area contributed by atoms with Crippen molar-refractivity contribution in [1.29, 1.82) is 0 Å². The monoisotopic (exact) mass is 810 g/mol. The lowest BCUT2D eigenvalue weighted by atomic mass is 9.99. The first-order valence-corrected chi connectivity index (χ1v) is 35.5. The average Bonchev–Trinajstić information content (AvgIpc) is 2.99. The van der Waals surface area contributed by atoms with E-state index in [1.165, 1.54) is 11.1 Å². The summed E-state index contributed by atoms with van der Waals surface area (Å²) in [5.41, 5.74) is 2.71. The highest BCUT2D eigenvalue weighted by Crippen LogP contribution is 2.30. The molecular formula is C40H78O7Si5. The highest BCUT2D eigenvalue weighted by Gasteiger charge is 2.49. The molecule has 0 saturated carbocycles. The molecule has 0 amide bonds. The van der Waals surface area contributed by atoms with Crippen LogP contribution in [0.5, 0.6) is 11.5 Å². The third kappa shape index (κ3) is 22.3. The third-order valence-corrected chi connectivity index (χ3v) is 20.9. The largest absolute Gasteiger partial charge is 0.469 e. The molecule has 2 aromatic rings. The molecule has 4 unspecified atom stereocenters. The second-order valence-electron chi connectivity index (χ2n) is 18.3. The molecule has 0 aliphatic rings. The normalized spacial score (nSPS) is 15.3. The fourth-order valence-electron chi connectivity index (χ4n) is 5.19. The lowest BCUT2D eigenvalue weighted by Gasteiger charge is -2.43. The second-order valence-corrected chi connectivity index (χ2v) is 40.7. The number of rotatable bonds is 22. The van der Waals surface area contributed by atoms with E-state index in [-0.39, 0.29) is 12.6 Å². The van der Waals surface area contributed by atoms with Crippen LogP contribution in [0.3, 0.4) is 0 Å². The van der Waals surface area contributed by atoms with Crippen LogP contribution < -0.4 is 9.47 Å². The van der Waals surface area contributed by atoms with Crippen molar-refractivity contribution in [1.82, 2.24) is 0 Å². The van der Waals surface area contributed by atoms with Crippen molar-refractivity contribution < 1.29 is 31.3 Å². The number of benzene rings is 2. The summed E-state index contributed by atoms with van der Waals surface area (Å²) >= 11 is 0. The lowest BCUT2D eigenvalue weighted by molar-refractivity contribution is -0.0668.